The summed E-state index contributed by atoms with van der Waals surface area (Å²) in [6.45, 7) is 1.55. The summed E-state index contributed by atoms with van der Waals surface area (Å²) >= 11 is 1.83. The van der Waals surface area contributed by atoms with Gasteiger partial charge in [0.15, 0.2) is 0 Å². The number of nitrogens with zero attached hydrogens (tertiary/aromatic N) is 1. The van der Waals surface area contributed by atoms with E-state index in [2.05, 4.69) is 9.72 Å². The molecule has 0 aliphatic heterocycles. The molecule has 1 N–H and O–H groups in total. The van der Waals surface area contributed by atoms with Crippen molar-refractivity contribution in [1.82, 2.24) is 4.98 Å². The van der Waals surface area contributed by atoms with Crippen molar-refractivity contribution >= 4 is 28.6 Å². The molecule has 4 nitrogen and oxygen atoms in total. The minimum Gasteiger partial charge on any atom is -0.481 e. The predicted molar refractivity (Wildman–Crippen MR) is 59.7 cm³/mol. The van der Waals surface area contributed by atoms with Crippen LogP contribution >= 0.6 is 22.6 Å². The standard InChI is InChI=1S/C9H7F3INO3/c1-4-2-6(17-9(10,11)12)14-5(8(4)13)3-7(15)16/h2H,3H2,1H3,(H,15,16). The van der Waals surface area contributed by atoms with Gasteiger partial charge < -0.3 is 9.84 Å². The maximum atomic E-state index is 12.0. The molecule has 0 spiro atoms. The van der Waals surface area contributed by atoms with Gasteiger partial charge in [0.1, 0.15) is 0 Å². The lowest BCUT2D eigenvalue weighted by molar-refractivity contribution is -0.276. The Kier molecular flexibility index (Phi) is 4.17. The number of hydrogen-bond acceptors (Lipinski definition) is 3. The van der Waals surface area contributed by atoms with Crippen molar-refractivity contribution in [2.45, 2.75) is 19.7 Å². The molecule has 1 aromatic heterocycles. The van der Waals surface area contributed by atoms with Crippen LogP contribution < -0.4 is 4.74 Å². The van der Waals surface area contributed by atoms with Gasteiger partial charge in [0.2, 0.25) is 5.88 Å². The zero-order valence-corrected chi connectivity index (χ0v) is 10.7. The number of alkyl halides is 3. The van der Waals surface area contributed by atoms with Gasteiger partial charge in [-0.25, -0.2) is 4.98 Å². The second-order valence-electron chi connectivity index (χ2n) is 3.16. The van der Waals surface area contributed by atoms with Gasteiger partial charge in [-0.3, -0.25) is 4.79 Å². The van der Waals surface area contributed by atoms with Crippen LogP contribution in [0.15, 0.2) is 6.07 Å². The number of carbonyl (C=O) groups is 1. The van der Waals surface area contributed by atoms with Crippen LogP contribution in [0.4, 0.5) is 13.2 Å². The van der Waals surface area contributed by atoms with E-state index in [-0.39, 0.29) is 5.69 Å². The molecule has 1 aromatic rings. The highest BCUT2D eigenvalue weighted by molar-refractivity contribution is 14.1. The Hall–Kier alpha value is -1.06. The maximum Gasteiger partial charge on any atom is 0.574 e. The van der Waals surface area contributed by atoms with Gasteiger partial charge in [0, 0.05) is 9.64 Å². The van der Waals surface area contributed by atoms with Crippen LogP contribution in [0.5, 0.6) is 5.88 Å². The van der Waals surface area contributed by atoms with Crippen molar-refractivity contribution < 1.29 is 27.8 Å². The van der Waals surface area contributed by atoms with Gasteiger partial charge in [-0.1, -0.05) is 0 Å². The van der Waals surface area contributed by atoms with E-state index in [0.717, 1.165) is 6.07 Å². The molecule has 0 amide bonds. The highest BCUT2D eigenvalue weighted by atomic mass is 127. The largest absolute Gasteiger partial charge is 0.574 e. The summed E-state index contributed by atoms with van der Waals surface area (Å²) in [7, 11) is 0. The minimum atomic E-state index is -4.84. The van der Waals surface area contributed by atoms with Crippen LogP contribution in [0.1, 0.15) is 11.3 Å². The maximum absolute atomic E-state index is 12.0. The molecular formula is C9H7F3INO3. The van der Waals surface area contributed by atoms with Crippen LogP contribution in [0, 0.1) is 10.5 Å². The number of pyridine rings is 1. The Labute approximate surface area is 108 Å². The molecule has 1 heterocycles. The highest BCUT2D eigenvalue weighted by Crippen LogP contribution is 2.25. The number of aryl methyl sites for hydroxylation is 1. The molecule has 0 radical (unpaired) electrons. The van der Waals surface area contributed by atoms with Crippen molar-refractivity contribution in [3.63, 3.8) is 0 Å². The molecule has 94 valence electrons. The van der Waals surface area contributed by atoms with E-state index in [0.29, 0.717) is 9.13 Å². The summed E-state index contributed by atoms with van der Waals surface area (Å²) in [5, 5.41) is 8.60. The first-order chi connectivity index (χ1) is 7.69. The first kappa shape index (κ1) is 14.0. The lowest BCUT2D eigenvalue weighted by atomic mass is 10.2. The Bertz CT molecular complexity index is 448. The van der Waals surface area contributed by atoms with Crippen LogP contribution in [-0.4, -0.2) is 22.4 Å². The van der Waals surface area contributed by atoms with E-state index in [1.165, 1.54) is 0 Å². The Morgan fingerprint density at radius 1 is 1.59 bits per heavy atom. The highest BCUT2D eigenvalue weighted by Gasteiger charge is 2.32. The fourth-order valence-corrected chi connectivity index (χ4v) is 1.59. The minimum absolute atomic E-state index is 0.0531. The lowest BCUT2D eigenvalue weighted by Gasteiger charge is -2.11. The molecule has 0 saturated carbocycles. The van der Waals surface area contributed by atoms with Gasteiger partial charge in [0.05, 0.1) is 12.1 Å². The van der Waals surface area contributed by atoms with E-state index in [9.17, 15) is 18.0 Å². The monoisotopic (exact) mass is 361 g/mol. The second kappa shape index (κ2) is 5.07. The number of ether oxygens (including phenoxy) is 1. The van der Waals surface area contributed by atoms with E-state index in [1.807, 2.05) is 22.6 Å². The fraction of sp³-hybridized carbons (Fsp3) is 0.333. The summed E-state index contributed by atoms with van der Waals surface area (Å²) in [6, 6.07) is 1.11. The van der Waals surface area contributed by atoms with Gasteiger partial charge in [0.25, 0.3) is 0 Å². The summed E-state index contributed by atoms with van der Waals surface area (Å²) in [5.74, 6) is -1.81. The molecule has 0 bridgehead atoms. The van der Waals surface area contributed by atoms with Crippen LogP contribution in [0.25, 0.3) is 0 Å². The molecule has 0 fully saturated rings. The van der Waals surface area contributed by atoms with Gasteiger partial charge in [-0.2, -0.15) is 0 Å². The summed E-state index contributed by atoms with van der Waals surface area (Å²) in [6.07, 6.45) is -5.29. The van der Waals surface area contributed by atoms with Crippen molar-refractivity contribution in [3.8, 4) is 5.88 Å². The predicted octanol–water partition coefficient (Wildman–Crippen LogP) is 2.52. The summed E-state index contributed by atoms with van der Waals surface area (Å²) in [4.78, 5) is 14.1. The van der Waals surface area contributed by atoms with Gasteiger partial charge in [-0.05, 0) is 35.1 Å². The third-order valence-corrected chi connectivity index (χ3v) is 3.20. The van der Waals surface area contributed by atoms with Gasteiger partial charge in [-0.15, -0.1) is 13.2 Å². The Morgan fingerprint density at radius 3 is 2.65 bits per heavy atom. The number of carboxylic acids is 1. The topological polar surface area (TPSA) is 59.4 Å². The third-order valence-electron chi connectivity index (χ3n) is 1.72. The first-order valence-electron chi connectivity index (χ1n) is 4.32. The van der Waals surface area contributed by atoms with E-state index >= 15 is 0 Å². The number of hydrogen-bond donors (Lipinski definition) is 1. The fourth-order valence-electron chi connectivity index (χ4n) is 1.12. The van der Waals surface area contributed by atoms with Crippen LogP contribution in [-0.2, 0) is 11.2 Å². The molecule has 0 aliphatic carbocycles. The Morgan fingerprint density at radius 2 is 2.18 bits per heavy atom. The molecule has 1 rings (SSSR count). The molecule has 0 aliphatic rings. The molecule has 0 atom stereocenters. The Balaban J connectivity index is 3.10. The molecular weight excluding hydrogens is 354 g/mol. The van der Waals surface area contributed by atoms with E-state index in [4.69, 9.17) is 5.11 Å². The molecule has 17 heavy (non-hydrogen) atoms. The number of carboxylic acid groups (broad SMARTS) is 1. The number of aromatic nitrogens is 1. The quantitative estimate of drug-likeness (QED) is 0.841. The van der Waals surface area contributed by atoms with Crippen molar-refractivity contribution in [3.05, 3.63) is 20.9 Å². The molecule has 0 saturated heterocycles. The summed E-state index contributed by atoms with van der Waals surface area (Å²) in [5.41, 5.74) is 0.536. The van der Waals surface area contributed by atoms with Crippen LogP contribution in [0.2, 0.25) is 0 Å². The molecule has 0 unspecified atom stereocenters. The smallest absolute Gasteiger partial charge is 0.481 e. The molecule has 0 aromatic carbocycles. The average molecular weight is 361 g/mol. The SMILES string of the molecule is Cc1cc(OC(F)(F)F)nc(CC(=O)O)c1I. The molecule has 8 heteroatoms. The zero-order valence-electron chi connectivity index (χ0n) is 8.51. The average Bonchev–Trinajstić information content (AvgIpc) is 2.09. The number of halogens is 4. The number of rotatable bonds is 3. The second-order valence-corrected chi connectivity index (χ2v) is 4.24. The van der Waals surface area contributed by atoms with Crippen molar-refractivity contribution in [1.29, 1.82) is 0 Å². The lowest BCUT2D eigenvalue weighted by Crippen LogP contribution is -2.19. The van der Waals surface area contributed by atoms with Gasteiger partial charge >= 0.3 is 12.3 Å². The van der Waals surface area contributed by atoms with Crippen LogP contribution in [0.3, 0.4) is 0 Å². The van der Waals surface area contributed by atoms with E-state index < -0.39 is 24.6 Å². The first-order valence-corrected chi connectivity index (χ1v) is 5.40. The summed E-state index contributed by atoms with van der Waals surface area (Å²) < 4.78 is 40.1. The zero-order chi connectivity index (χ0) is 13.2. The normalized spacial score (nSPS) is 11.4. The number of aliphatic carboxylic acids is 1. The third kappa shape index (κ3) is 4.36. The van der Waals surface area contributed by atoms with Crippen molar-refractivity contribution in [2.75, 3.05) is 0 Å². The van der Waals surface area contributed by atoms with E-state index in [1.54, 1.807) is 6.92 Å². The van der Waals surface area contributed by atoms with Crippen molar-refractivity contribution in [2.24, 2.45) is 0 Å².